The largest absolute Gasteiger partial charge is 0.371 e. The normalized spacial score (nSPS) is 17.9. The van der Waals surface area contributed by atoms with E-state index in [1.807, 2.05) is 10.8 Å². The molecule has 8 heteroatoms. The first-order valence-electron chi connectivity index (χ1n) is 5.34. The van der Waals surface area contributed by atoms with Crippen LogP contribution in [0.1, 0.15) is 0 Å². The molecule has 0 amide bonds. The molecule has 0 aromatic rings. The topological polar surface area (TPSA) is 84.5 Å². The highest BCUT2D eigenvalue weighted by Gasteiger charge is 2.36. The highest BCUT2D eigenvalue weighted by molar-refractivity contribution is 8.03. The Labute approximate surface area is 115 Å². The summed E-state index contributed by atoms with van der Waals surface area (Å²) in [7, 11) is 0. The summed E-state index contributed by atoms with van der Waals surface area (Å²) in [6.45, 7) is 1.78. The monoisotopic (exact) mass is 290 g/mol. The Morgan fingerprint density at radius 3 is 2.11 bits per heavy atom. The third-order valence-electron chi connectivity index (χ3n) is 1.97. The summed E-state index contributed by atoms with van der Waals surface area (Å²) >= 11 is 2.22. The summed E-state index contributed by atoms with van der Waals surface area (Å²) in [6.07, 6.45) is 0. The summed E-state index contributed by atoms with van der Waals surface area (Å²) in [4.78, 5) is 0. The molecule has 0 atom stereocenters. The number of nitriles is 2. The van der Waals surface area contributed by atoms with Crippen molar-refractivity contribution in [3.63, 3.8) is 0 Å². The van der Waals surface area contributed by atoms with Crippen molar-refractivity contribution in [1.82, 2.24) is 0 Å². The van der Waals surface area contributed by atoms with E-state index < -0.39 is 5.97 Å². The van der Waals surface area contributed by atoms with Crippen LogP contribution in [0.25, 0.3) is 0 Å². The fourth-order valence-corrected chi connectivity index (χ4v) is 1.79. The number of ether oxygens (including phenoxy) is 4. The van der Waals surface area contributed by atoms with E-state index in [1.165, 1.54) is 0 Å². The van der Waals surface area contributed by atoms with E-state index in [-0.39, 0.29) is 6.61 Å². The molecule has 0 aromatic heterocycles. The van der Waals surface area contributed by atoms with Gasteiger partial charge in [-0.1, -0.05) is 0 Å². The molecule has 6 nitrogen and oxygen atoms in total. The minimum absolute atomic E-state index is 0.196. The van der Waals surface area contributed by atoms with Gasteiger partial charge in [-0.25, -0.2) is 0 Å². The van der Waals surface area contributed by atoms with Crippen molar-refractivity contribution in [3.05, 3.63) is 0 Å². The zero-order chi connectivity index (χ0) is 13.1. The van der Waals surface area contributed by atoms with Gasteiger partial charge in [0.15, 0.2) is 0 Å². The van der Waals surface area contributed by atoms with Gasteiger partial charge in [0.2, 0.25) is 0 Å². The molecule has 18 heavy (non-hydrogen) atoms. The molecule has 0 aromatic carbocycles. The first kappa shape index (κ1) is 15.6. The first-order valence-corrected chi connectivity index (χ1v) is 7.31. The van der Waals surface area contributed by atoms with E-state index in [2.05, 4.69) is 0 Å². The van der Waals surface area contributed by atoms with Crippen LogP contribution in [-0.4, -0.2) is 50.5 Å². The van der Waals surface area contributed by atoms with Crippen LogP contribution in [0.4, 0.5) is 0 Å². The summed E-state index contributed by atoms with van der Waals surface area (Å²) in [5, 5.41) is 20.7. The number of hydrogen-bond donors (Lipinski definition) is 0. The van der Waals surface area contributed by atoms with Crippen molar-refractivity contribution in [2.75, 3.05) is 44.5 Å². The van der Waals surface area contributed by atoms with E-state index in [9.17, 15) is 0 Å². The van der Waals surface area contributed by atoms with Gasteiger partial charge in [0.25, 0.3) is 0 Å². The van der Waals surface area contributed by atoms with E-state index >= 15 is 0 Å². The van der Waals surface area contributed by atoms with Crippen molar-refractivity contribution in [1.29, 1.82) is 10.5 Å². The molecule has 1 saturated heterocycles. The van der Waals surface area contributed by atoms with Crippen LogP contribution in [0.3, 0.4) is 0 Å². The summed E-state index contributed by atoms with van der Waals surface area (Å²) in [6, 6.07) is 0. The molecular formula is C10H14N2O4S2. The highest BCUT2D eigenvalue weighted by Crippen LogP contribution is 2.20. The maximum Gasteiger partial charge on any atom is 0.307 e. The third-order valence-corrected chi connectivity index (χ3v) is 2.97. The van der Waals surface area contributed by atoms with Crippen LogP contribution < -0.4 is 0 Å². The maximum atomic E-state index is 8.40. The van der Waals surface area contributed by atoms with Gasteiger partial charge < -0.3 is 18.9 Å². The molecule has 0 spiro atoms. The Morgan fingerprint density at radius 2 is 1.67 bits per heavy atom. The average molecular weight is 290 g/mol. The fourth-order valence-electron chi connectivity index (χ4n) is 1.27. The standard InChI is InChI=1S/C10H14N2O4S2/c11-8-17-5-3-15-10(7-13-1-2-14-10)16-4-6-18-9-12/h1-7H2. The third kappa shape index (κ3) is 5.91. The van der Waals surface area contributed by atoms with Gasteiger partial charge in [-0.3, -0.25) is 0 Å². The summed E-state index contributed by atoms with van der Waals surface area (Å²) in [5.74, 6) is -0.111. The van der Waals surface area contributed by atoms with Gasteiger partial charge in [-0.15, -0.1) is 0 Å². The van der Waals surface area contributed by atoms with Crippen LogP contribution in [0.15, 0.2) is 0 Å². The van der Waals surface area contributed by atoms with Gasteiger partial charge >= 0.3 is 5.97 Å². The van der Waals surface area contributed by atoms with Crippen molar-refractivity contribution in [2.24, 2.45) is 0 Å². The van der Waals surface area contributed by atoms with E-state index in [4.69, 9.17) is 29.5 Å². The minimum atomic E-state index is -1.19. The molecule has 1 aliphatic heterocycles. The lowest BCUT2D eigenvalue weighted by molar-refractivity contribution is -0.411. The quantitative estimate of drug-likeness (QED) is 0.374. The summed E-state index contributed by atoms with van der Waals surface area (Å²) < 4.78 is 21.8. The van der Waals surface area contributed by atoms with Crippen LogP contribution in [0, 0.1) is 21.3 Å². The van der Waals surface area contributed by atoms with E-state index in [1.54, 1.807) is 0 Å². The molecule has 0 bridgehead atoms. The van der Waals surface area contributed by atoms with E-state index in [0.717, 1.165) is 23.5 Å². The average Bonchev–Trinajstić information content (AvgIpc) is 2.41. The van der Waals surface area contributed by atoms with Gasteiger partial charge in [0.05, 0.1) is 26.4 Å². The van der Waals surface area contributed by atoms with Crippen molar-refractivity contribution < 1.29 is 18.9 Å². The number of thioether (sulfide) groups is 2. The predicted molar refractivity (Wildman–Crippen MR) is 67.5 cm³/mol. The van der Waals surface area contributed by atoms with Crippen molar-refractivity contribution >= 4 is 23.5 Å². The lowest BCUT2D eigenvalue weighted by Gasteiger charge is -2.35. The molecule has 1 aliphatic rings. The predicted octanol–water partition coefficient (Wildman–Crippen LogP) is 1.15. The van der Waals surface area contributed by atoms with Gasteiger partial charge in [-0.05, 0) is 23.5 Å². The lowest BCUT2D eigenvalue weighted by Crippen LogP contribution is -2.48. The lowest BCUT2D eigenvalue weighted by atomic mass is 10.5. The number of rotatable bonds is 8. The Bertz CT molecular complexity index is 286. The number of hydrogen-bond acceptors (Lipinski definition) is 8. The Kier molecular flexibility index (Phi) is 8.18. The van der Waals surface area contributed by atoms with Crippen LogP contribution in [0.5, 0.6) is 0 Å². The van der Waals surface area contributed by atoms with Gasteiger partial charge in [0, 0.05) is 11.5 Å². The molecule has 0 aliphatic carbocycles. The number of nitrogens with zero attached hydrogens (tertiary/aromatic N) is 2. The molecular weight excluding hydrogens is 276 g/mol. The van der Waals surface area contributed by atoms with Gasteiger partial charge in [0.1, 0.15) is 17.4 Å². The van der Waals surface area contributed by atoms with Crippen molar-refractivity contribution in [3.8, 4) is 10.8 Å². The number of thiocyanates is 2. The Balaban J connectivity index is 2.32. The molecule has 0 unspecified atom stereocenters. The Hall–Kier alpha value is -0.480. The van der Waals surface area contributed by atoms with Gasteiger partial charge in [-0.2, -0.15) is 10.5 Å². The zero-order valence-corrected chi connectivity index (χ0v) is 11.4. The second kappa shape index (κ2) is 9.45. The molecule has 1 heterocycles. The fraction of sp³-hybridized carbons (Fsp3) is 0.800. The first-order chi connectivity index (χ1) is 8.83. The minimum Gasteiger partial charge on any atom is -0.371 e. The second-order valence-corrected chi connectivity index (χ2v) is 4.92. The summed E-state index contributed by atoms with van der Waals surface area (Å²) in [5.41, 5.74) is 0. The second-order valence-electron chi connectivity index (χ2n) is 3.16. The SMILES string of the molecule is N#CSCCOC1(OCCSC#N)COCCO1. The molecule has 0 N–H and O–H groups in total. The Morgan fingerprint density at radius 1 is 1.06 bits per heavy atom. The zero-order valence-electron chi connectivity index (χ0n) is 9.79. The van der Waals surface area contributed by atoms with E-state index in [0.29, 0.717) is 37.9 Å². The molecule has 0 radical (unpaired) electrons. The molecule has 0 saturated carbocycles. The van der Waals surface area contributed by atoms with Crippen molar-refractivity contribution in [2.45, 2.75) is 5.97 Å². The molecule has 100 valence electrons. The highest BCUT2D eigenvalue weighted by atomic mass is 32.2. The van der Waals surface area contributed by atoms with Crippen LogP contribution in [0.2, 0.25) is 0 Å². The molecule has 1 fully saturated rings. The van der Waals surface area contributed by atoms with Crippen LogP contribution in [-0.2, 0) is 18.9 Å². The van der Waals surface area contributed by atoms with Crippen LogP contribution >= 0.6 is 23.5 Å². The molecule has 1 rings (SSSR count). The maximum absolute atomic E-state index is 8.40. The smallest absolute Gasteiger partial charge is 0.307 e.